The molecule has 0 bridgehead atoms. The maximum Gasteiger partial charge on any atom is 0.224 e. The van der Waals surface area contributed by atoms with Crippen molar-refractivity contribution >= 4 is 23.4 Å². The van der Waals surface area contributed by atoms with Gasteiger partial charge < -0.3 is 16.0 Å². The van der Waals surface area contributed by atoms with E-state index in [0.29, 0.717) is 25.9 Å². The molecule has 0 saturated carbocycles. The Morgan fingerprint density at radius 3 is 2.24 bits per heavy atom. The van der Waals surface area contributed by atoms with E-state index in [1.54, 1.807) is 0 Å². The van der Waals surface area contributed by atoms with Crippen LogP contribution in [-0.4, -0.2) is 24.3 Å². The van der Waals surface area contributed by atoms with Gasteiger partial charge in [-0.15, -0.1) is 0 Å². The molecule has 0 unspecified atom stereocenters. The van der Waals surface area contributed by atoms with Crippen LogP contribution in [0.2, 0.25) is 0 Å². The second-order valence-electron chi connectivity index (χ2n) is 6.07. The van der Waals surface area contributed by atoms with Gasteiger partial charge in [0.1, 0.15) is 0 Å². The molecule has 0 spiro atoms. The molecular weight excluding hydrogens is 318 g/mol. The largest absolute Gasteiger partial charge is 0.356 e. The topological polar surface area (TPSA) is 87.3 Å². The number of nitrogens with one attached hydrogen (secondary N) is 3. The summed E-state index contributed by atoms with van der Waals surface area (Å²) in [5.41, 5.74) is 1.76. The van der Waals surface area contributed by atoms with Gasteiger partial charge in [0.25, 0.3) is 0 Å². The van der Waals surface area contributed by atoms with E-state index in [1.807, 2.05) is 31.2 Å². The van der Waals surface area contributed by atoms with Crippen LogP contribution in [0.1, 0.15) is 57.9 Å². The standard InChI is InChI=1S/C19H29N3O3/c1-3-7-19(25)22-17-11-9-16(10-12-17)14-21-18(24)8-5-4-6-13-20-15(2)23/h9-12H,3-8,13-14H2,1-2H3,(H,20,23)(H,21,24)(H,22,25). The highest BCUT2D eigenvalue weighted by Crippen LogP contribution is 2.10. The highest BCUT2D eigenvalue weighted by molar-refractivity contribution is 5.90. The van der Waals surface area contributed by atoms with Gasteiger partial charge in [-0.1, -0.05) is 25.5 Å². The number of unbranched alkanes of at least 4 members (excludes halogenated alkanes) is 2. The van der Waals surface area contributed by atoms with Crippen molar-refractivity contribution in [1.29, 1.82) is 0 Å². The van der Waals surface area contributed by atoms with Gasteiger partial charge in [0.05, 0.1) is 0 Å². The average molecular weight is 347 g/mol. The zero-order chi connectivity index (χ0) is 18.5. The van der Waals surface area contributed by atoms with Gasteiger partial charge >= 0.3 is 0 Å². The average Bonchev–Trinajstić information content (AvgIpc) is 2.57. The van der Waals surface area contributed by atoms with Crippen molar-refractivity contribution in [2.45, 2.75) is 58.9 Å². The molecule has 1 aromatic carbocycles. The zero-order valence-electron chi connectivity index (χ0n) is 15.2. The summed E-state index contributed by atoms with van der Waals surface area (Å²) in [6.45, 7) is 4.61. The number of hydrogen-bond acceptors (Lipinski definition) is 3. The smallest absolute Gasteiger partial charge is 0.224 e. The van der Waals surface area contributed by atoms with Gasteiger partial charge in [-0.05, 0) is 37.0 Å². The first kappa shape index (κ1) is 20.7. The van der Waals surface area contributed by atoms with E-state index in [0.717, 1.165) is 36.9 Å². The molecule has 0 saturated heterocycles. The summed E-state index contributed by atoms with van der Waals surface area (Å²) in [6.07, 6.45) is 4.45. The fraction of sp³-hybridized carbons (Fsp3) is 0.526. The number of carbonyl (C=O) groups is 3. The van der Waals surface area contributed by atoms with Crippen LogP contribution in [0.5, 0.6) is 0 Å². The van der Waals surface area contributed by atoms with Crippen molar-refractivity contribution in [3.05, 3.63) is 29.8 Å². The third kappa shape index (κ3) is 10.2. The van der Waals surface area contributed by atoms with Crippen molar-refractivity contribution in [3.63, 3.8) is 0 Å². The normalized spacial score (nSPS) is 10.2. The molecule has 6 nitrogen and oxygen atoms in total. The van der Waals surface area contributed by atoms with Crippen LogP contribution in [0.3, 0.4) is 0 Å². The molecule has 0 aliphatic heterocycles. The molecule has 0 fully saturated rings. The lowest BCUT2D eigenvalue weighted by atomic mass is 10.1. The van der Waals surface area contributed by atoms with Gasteiger partial charge in [-0.3, -0.25) is 14.4 Å². The molecule has 0 aromatic heterocycles. The molecule has 0 radical (unpaired) electrons. The number of amides is 3. The first-order valence-electron chi connectivity index (χ1n) is 8.91. The minimum atomic E-state index is -0.0197. The Bertz CT molecular complexity index is 556. The quantitative estimate of drug-likeness (QED) is 0.538. The van der Waals surface area contributed by atoms with Crippen LogP contribution in [0, 0.1) is 0 Å². The lowest BCUT2D eigenvalue weighted by Crippen LogP contribution is -2.23. The Balaban J connectivity index is 2.18. The summed E-state index contributed by atoms with van der Waals surface area (Å²) in [7, 11) is 0. The van der Waals surface area contributed by atoms with Crippen molar-refractivity contribution in [3.8, 4) is 0 Å². The lowest BCUT2D eigenvalue weighted by Gasteiger charge is -2.08. The summed E-state index contributed by atoms with van der Waals surface area (Å²) in [5.74, 6) is 0.0237. The summed E-state index contributed by atoms with van der Waals surface area (Å²) < 4.78 is 0. The van der Waals surface area contributed by atoms with Gasteiger partial charge in [0.2, 0.25) is 17.7 Å². The number of benzene rings is 1. The Hall–Kier alpha value is -2.37. The number of rotatable bonds is 11. The molecule has 25 heavy (non-hydrogen) atoms. The van der Waals surface area contributed by atoms with E-state index in [2.05, 4.69) is 16.0 Å². The van der Waals surface area contributed by atoms with E-state index in [1.165, 1.54) is 6.92 Å². The van der Waals surface area contributed by atoms with Crippen molar-refractivity contribution in [2.24, 2.45) is 0 Å². The van der Waals surface area contributed by atoms with Crippen LogP contribution in [0.15, 0.2) is 24.3 Å². The van der Waals surface area contributed by atoms with Crippen LogP contribution >= 0.6 is 0 Å². The monoisotopic (exact) mass is 347 g/mol. The predicted molar refractivity (Wildman–Crippen MR) is 99.0 cm³/mol. The number of hydrogen-bond donors (Lipinski definition) is 3. The molecule has 0 aliphatic carbocycles. The highest BCUT2D eigenvalue weighted by Gasteiger charge is 2.03. The Morgan fingerprint density at radius 2 is 1.60 bits per heavy atom. The Kier molecular flexibility index (Phi) is 9.97. The molecule has 6 heteroatoms. The molecule has 3 N–H and O–H groups in total. The van der Waals surface area contributed by atoms with Crippen molar-refractivity contribution < 1.29 is 14.4 Å². The van der Waals surface area contributed by atoms with E-state index in [4.69, 9.17) is 0 Å². The molecule has 3 amide bonds. The van der Waals surface area contributed by atoms with Crippen LogP contribution < -0.4 is 16.0 Å². The minimum Gasteiger partial charge on any atom is -0.356 e. The van der Waals surface area contributed by atoms with Gasteiger partial charge in [-0.25, -0.2) is 0 Å². The molecule has 1 aromatic rings. The molecule has 138 valence electrons. The van der Waals surface area contributed by atoms with Gasteiger partial charge in [-0.2, -0.15) is 0 Å². The van der Waals surface area contributed by atoms with Crippen molar-refractivity contribution in [1.82, 2.24) is 10.6 Å². The SMILES string of the molecule is CCCC(=O)Nc1ccc(CNC(=O)CCCCCNC(C)=O)cc1. The van der Waals surface area contributed by atoms with Crippen LogP contribution in [-0.2, 0) is 20.9 Å². The van der Waals surface area contributed by atoms with E-state index < -0.39 is 0 Å². The molecule has 0 atom stereocenters. The second-order valence-corrected chi connectivity index (χ2v) is 6.07. The van der Waals surface area contributed by atoms with Gasteiger partial charge in [0, 0.05) is 38.5 Å². The predicted octanol–water partition coefficient (Wildman–Crippen LogP) is 2.74. The number of anilines is 1. The lowest BCUT2D eigenvalue weighted by molar-refractivity contribution is -0.121. The summed E-state index contributed by atoms with van der Waals surface area (Å²) in [6, 6.07) is 7.48. The first-order valence-corrected chi connectivity index (χ1v) is 8.91. The third-order valence-electron chi connectivity index (χ3n) is 3.66. The summed E-state index contributed by atoms with van der Waals surface area (Å²) >= 11 is 0. The molecule has 0 heterocycles. The summed E-state index contributed by atoms with van der Waals surface area (Å²) in [5, 5.41) is 8.46. The molecular formula is C19H29N3O3. The highest BCUT2D eigenvalue weighted by atomic mass is 16.2. The van der Waals surface area contributed by atoms with E-state index in [9.17, 15) is 14.4 Å². The summed E-state index contributed by atoms with van der Waals surface area (Å²) in [4.78, 5) is 34.0. The van der Waals surface area contributed by atoms with Crippen LogP contribution in [0.4, 0.5) is 5.69 Å². The fourth-order valence-corrected chi connectivity index (χ4v) is 2.30. The van der Waals surface area contributed by atoms with Crippen molar-refractivity contribution in [2.75, 3.05) is 11.9 Å². The zero-order valence-corrected chi connectivity index (χ0v) is 15.2. The maximum absolute atomic E-state index is 11.8. The minimum absolute atomic E-state index is 0.0158. The molecule has 1 rings (SSSR count). The van der Waals surface area contributed by atoms with Gasteiger partial charge in [0.15, 0.2) is 0 Å². The first-order chi connectivity index (χ1) is 12.0. The number of carbonyl (C=O) groups excluding carboxylic acids is 3. The molecule has 0 aliphatic rings. The maximum atomic E-state index is 11.8. The van der Waals surface area contributed by atoms with E-state index in [-0.39, 0.29) is 17.7 Å². The van der Waals surface area contributed by atoms with Crippen LogP contribution in [0.25, 0.3) is 0 Å². The van der Waals surface area contributed by atoms with E-state index >= 15 is 0 Å². The third-order valence-corrected chi connectivity index (χ3v) is 3.66. The second kappa shape index (κ2) is 12.1. The Morgan fingerprint density at radius 1 is 0.880 bits per heavy atom. The fourth-order valence-electron chi connectivity index (χ4n) is 2.30. The Labute approximate surface area is 149 Å².